The van der Waals surface area contributed by atoms with E-state index < -0.39 is 11.9 Å². The van der Waals surface area contributed by atoms with Crippen LogP contribution in [0.1, 0.15) is 36.3 Å². The van der Waals surface area contributed by atoms with Gasteiger partial charge in [0.05, 0.1) is 5.69 Å². The summed E-state index contributed by atoms with van der Waals surface area (Å²) in [6.45, 7) is 5.13. The minimum atomic E-state index is -0.951. The number of carboxylic acids is 1. The molecule has 106 valence electrons. The molecule has 0 aliphatic carbocycles. The predicted molar refractivity (Wildman–Crippen MR) is 72.0 cm³/mol. The van der Waals surface area contributed by atoms with Gasteiger partial charge in [0.15, 0.2) is 0 Å². The molecule has 1 aromatic heterocycles. The van der Waals surface area contributed by atoms with Gasteiger partial charge in [-0.25, -0.2) is 9.37 Å². The Kier molecular flexibility index (Phi) is 3.88. The van der Waals surface area contributed by atoms with Gasteiger partial charge in [-0.1, -0.05) is 13.0 Å². The fourth-order valence-electron chi connectivity index (χ4n) is 2.05. The zero-order valence-corrected chi connectivity index (χ0v) is 11.6. The van der Waals surface area contributed by atoms with Crippen LogP contribution in [0.3, 0.4) is 0 Å². The first-order chi connectivity index (χ1) is 9.43. The van der Waals surface area contributed by atoms with Crippen molar-refractivity contribution in [2.24, 2.45) is 0 Å². The summed E-state index contributed by atoms with van der Waals surface area (Å²) >= 11 is 0. The molecule has 0 aliphatic heterocycles. The topological polar surface area (TPSA) is 63.3 Å². The minimum absolute atomic E-state index is 0.246. The molecule has 20 heavy (non-hydrogen) atoms. The summed E-state index contributed by atoms with van der Waals surface area (Å²) < 4.78 is 19.1. The van der Waals surface area contributed by atoms with Crippen molar-refractivity contribution in [2.45, 2.75) is 33.1 Å². The number of carbonyl (C=O) groups is 1. The van der Waals surface area contributed by atoms with Crippen molar-refractivity contribution in [1.82, 2.24) is 4.98 Å². The van der Waals surface area contributed by atoms with Crippen LogP contribution in [0.5, 0.6) is 0 Å². The molecule has 1 unspecified atom stereocenters. The molecule has 0 bridgehead atoms. The summed E-state index contributed by atoms with van der Waals surface area (Å²) in [5, 5.41) is 9.16. The fourth-order valence-corrected chi connectivity index (χ4v) is 2.05. The van der Waals surface area contributed by atoms with Gasteiger partial charge in [0.1, 0.15) is 17.5 Å². The lowest BCUT2D eigenvalue weighted by Gasteiger charge is -2.06. The number of carboxylic acid groups (broad SMARTS) is 1. The molecule has 1 N–H and O–H groups in total. The lowest BCUT2D eigenvalue weighted by atomic mass is 10.0. The second-order valence-corrected chi connectivity index (χ2v) is 4.73. The zero-order chi connectivity index (χ0) is 14.9. The highest BCUT2D eigenvalue weighted by atomic mass is 19.1. The highest BCUT2D eigenvalue weighted by Gasteiger charge is 2.25. The van der Waals surface area contributed by atoms with Crippen LogP contribution in [-0.4, -0.2) is 16.1 Å². The Morgan fingerprint density at radius 3 is 2.70 bits per heavy atom. The van der Waals surface area contributed by atoms with E-state index in [0.717, 1.165) is 0 Å². The Labute approximate surface area is 116 Å². The van der Waals surface area contributed by atoms with Gasteiger partial charge >= 0.3 is 5.97 Å². The third-order valence-corrected chi connectivity index (χ3v) is 3.27. The number of oxazole rings is 1. The first-order valence-corrected chi connectivity index (χ1v) is 6.40. The second kappa shape index (κ2) is 5.45. The average molecular weight is 277 g/mol. The molecule has 1 atom stereocenters. The van der Waals surface area contributed by atoms with E-state index in [1.54, 1.807) is 32.9 Å². The van der Waals surface area contributed by atoms with Crippen LogP contribution >= 0.6 is 0 Å². The zero-order valence-electron chi connectivity index (χ0n) is 11.6. The summed E-state index contributed by atoms with van der Waals surface area (Å²) in [7, 11) is 0. The maximum Gasteiger partial charge on any atom is 0.314 e. The quantitative estimate of drug-likeness (QED) is 0.926. The lowest BCUT2D eigenvalue weighted by molar-refractivity contribution is -0.139. The molecule has 0 saturated heterocycles. The lowest BCUT2D eigenvalue weighted by Crippen LogP contribution is -2.10. The second-order valence-electron chi connectivity index (χ2n) is 4.73. The number of nitrogens with zero attached hydrogens (tertiary/aromatic N) is 1. The highest BCUT2D eigenvalue weighted by Crippen LogP contribution is 2.29. The van der Waals surface area contributed by atoms with E-state index in [0.29, 0.717) is 29.0 Å². The van der Waals surface area contributed by atoms with Gasteiger partial charge < -0.3 is 9.52 Å². The fraction of sp³-hybridized carbons (Fsp3) is 0.333. The molecule has 0 aliphatic rings. The maximum atomic E-state index is 13.6. The van der Waals surface area contributed by atoms with Gasteiger partial charge in [0.2, 0.25) is 5.89 Å². The number of aryl methyl sites for hydroxylation is 2. The third kappa shape index (κ3) is 2.57. The number of benzene rings is 1. The van der Waals surface area contributed by atoms with Crippen molar-refractivity contribution in [3.63, 3.8) is 0 Å². The van der Waals surface area contributed by atoms with Crippen molar-refractivity contribution in [2.75, 3.05) is 0 Å². The van der Waals surface area contributed by atoms with Crippen LogP contribution in [-0.2, 0) is 4.79 Å². The summed E-state index contributed by atoms with van der Waals surface area (Å²) in [6.07, 6.45) is 0.410. The first kappa shape index (κ1) is 14.2. The van der Waals surface area contributed by atoms with Crippen molar-refractivity contribution in [3.8, 4) is 11.5 Å². The molecule has 4 nitrogen and oxygen atoms in total. The number of aliphatic carboxylic acids is 1. The van der Waals surface area contributed by atoms with Gasteiger partial charge in [-0.3, -0.25) is 4.79 Å². The van der Waals surface area contributed by atoms with E-state index >= 15 is 0 Å². The molecular formula is C15H16FNO3. The molecule has 1 heterocycles. The SMILES string of the molecule is CCC(C(=O)O)c1oc(-c2ccc(C)c(F)c2)nc1C. The monoisotopic (exact) mass is 277 g/mol. The minimum Gasteiger partial charge on any atom is -0.481 e. The molecule has 1 aromatic carbocycles. The number of rotatable bonds is 4. The van der Waals surface area contributed by atoms with E-state index in [4.69, 9.17) is 9.52 Å². The molecular weight excluding hydrogens is 261 g/mol. The van der Waals surface area contributed by atoms with Crippen molar-refractivity contribution >= 4 is 5.97 Å². The van der Waals surface area contributed by atoms with Crippen LogP contribution in [0.2, 0.25) is 0 Å². The first-order valence-electron chi connectivity index (χ1n) is 6.40. The Hall–Kier alpha value is -2.17. The molecule has 0 radical (unpaired) electrons. The van der Waals surface area contributed by atoms with E-state index in [1.165, 1.54) is 6.07 Å². The van der Waals surface area contributed by atoms with Gasteiger partial charge in [0, 0.05) is 5.56 Å². The maximum absolute atomic E-state index is 13.6. The average Bonchev–Trinajstić information content (AvgIpc) is 2.76. The van der Waals surface area contributed by atoms with Gasteiger partial charge in [0.25, 0.3) is 0 Å². The van der Waals surface area contributed by atoms with E-state index in [1.807, 2.05) is 0 Å². The summed E-state index contributed by atoms with van der Waals surface area (Å²) in [5.41, 5.74) is 1.56. The molecule has 0 fully saturated rings. The summed E-state index contributed by atoms with van der Waals surface area (Å²) in [6, 6.07) is 4.68. The summed E-state index contributed by atoms with van der Waals surface area (Å²) in [4.78, 5) is 15.4. The van der Waals surface area contributed by atoms with Crippen LogP contribution in [0, 0.1) is 19.7 Å². The smallest absolute Gasteiger partial charge is 0.314 e. The third-order valence-electron chi connectivity index (χ3n) is 3.27. The Bertz CT molecular complexity index is 649. The molecule has 0 amide bonds. The van der Waals surface area contributed by atoms with Crippen molar-refractivity contribution in [3.05, 3.63) is 41.0 Å². The Morgan fingerprint density at radius 2 is 2.15 bits per heavy atom. The molecule has 0 spiro atoms. The van der Waals surface area contributed by atoms with E-state index in [9.17, 15) is 9.18 Å². The van der Waals surface area contributed by atoms with Crippen LogP contribution < -0.4 is 0 Å². The molecule has 2 rings (SSSR count). The van der Waals surface area contributed by atoms with E-state index in [-0.39, 0.29) is 11.7 Å². The van der Waals surface area contributed by atoms with Gasteiger partial charge in [-0.2, -0.15) is 0 Å². The summed E-state index contributed by atoms with van der Waals surface area (Å²) in [5.74, 6) is -1.45. The number of aromatic nitrogens is 1. The number of hydrogen-bond acceptors (Lipinski definition) is 3. The molecule has 5 heteroatoms. The largest absolute Gasteiger partial charge is 0.481 e. The number of halogens is 1. The van der Waals surface area contributed by atoms with Crippen LogP contribution in [0.25, 0.3) is 11.5 Å². The molecule has 0 saturated carbocycles. The molecule has 2 aromatic rings. The standard InChI is InChI=1S/C15H16FNO3/c1-4-11(15(18)19)13-9(3)17-14(20-13)10-6-5-8(2)12(16)7-10/h5-7,11H,4H2,1-3H3,(H,18,19). The van der Waals surface area contributed by atoms with Crippen LogP contribution in [0.15, 0.2) is 22.6 Å². The normalized spacial score (nSPS) is 12.4. The predicted octanol–water partition coefficient (Wildman–Crippen LogP) is 3.68. The highest BCUT2D eigenvalue weighted by molar-refractivity contribution is 5.75. The van der Waals surface area contributed by atoms with Crippen molar-refractivity contribution in [1.29, 1.82) is 0 Å². The van der Waals surface area contributed by atoms with Gasteiger partial charge in [-0.15, -0.1) is 0 Å². The Balaban J connectivity index is 2.45. The van der Waals surface area contributed by atoms with Gasteiger partial charge in [-0.05, 0) is 38.0 Å². The number of hydrogen-bond donors (Lipinski definition) is 1. The van der Waals surface area contributed by atoms with Crippen LogP contribution in [0.4, 0.5) is 4.39 Å². The van der Waals surface area contributed by atoms with E-state index in [2.05, 4.69) is 4.98 Å². The van der Waals surface area contributed by atoms with Crippen molar-refractivity contribution < 1.29 is 18.7 Å². The Morgan fingerprint density at radius 1 is 1.45 bits per heavy atom.